The van der Waals surface area contributed by atoms with E-state index in [9.17, 15) is 13.2 Å². The van der Waals surface area contributed by atoms with Gasteiger partial charge in [0, 0.05) is 18.3 Å². The summed E-state index contributed by atoms with van der Waals surface area (Å²) in [5, 5.41) is 3.24. The summed E-state index contributed by atoms with van der Waals surface area (Å²) in [6.07, 6.45) is -0.349. The van der Waals surface area contributed by atoms with Crippen LogP contribution in [-0.4, -0.2) is 18.9 Å². The number of nitrogens with two attached hydrogens (primary N) is 1. The number of anilines is 1. The summed E-state index contributed by atoms with van der Waals surface area (Å²) in [5.74, 6) is 0.382. The van der Waals surface area contributed by atoms with Gasteiger partial charge in [0.25, 0.3) is 0 Å². The Morgan fingerprint density at radius 2 is 1.70 bits per heavy atom. The van der Waals surface area contributed by atoms with Crippen molar-refractivity contribution in [2.45, 2.75) is 38.1 Å². The van der Waals surface area contributed by atoms with Gasteiger partial charge < -0.3 is 15.8 Å². The standard InChI is InChI=1S/C14H19F3N2O/c15-14(16,17)20-13-7-5-12(6-8-13)19-9-10-1-3-11(18)4-2-10/h5-8,10-11,19H,1-4,9,18H2. The van der Waals surface area contributed by atoms with E-state index in [0.717, 1.165) is 37.9 Å². The number of rotatable bonds is 4. The molecule has 0 spiro atoms. The monoisotopic (exact) mass is 288 g/mol. The highest BCUT2D eigenvalue weighted by Gasteiger charge is 2.30. The summed E-state index contributed by atoms with van der Waals surface area (Å²) in [5.41, 5.74) is 6.65. The topological polar surface area (TPSA) is 47.3 Å². The molecular weight excluding hydrogens is 269 g/mol. The molecule has 1 aliphatic carbocycles. The van der Waals surface area contributed by atoms with Crippen molar-refractivity contribution in [1.82, 2.24) is 0 Å². The van der Waals surface area contributed by atoms with Crippen molar-refractivity contribution in [3.63, 3.8) is 0 Å². The largest absolute Gasteiger partial charge is 0.573 e. The first-order chi connectivity index (χ1) is 9.42. The third-order valence-electron chi connectivity index (χ3n) is 3.57. The second kappa shape index (κ2) is 6.35. The van der Waals surface area contributed by atoms with E-state index < -0.39 is 6.36 Å². The summed E-state index contributed by atoms with van der Waals surface area (Å²) in [6, 6.07) is 6.13. The molecule has 1 aliphatic rings. The van der Waals surface area contributed by atoms with Gasteiger partial charge in [-0.2, -0.15) is 0 Å². The lowest BCUT2D eigenvalue weighted by atomic mass is 9.86. The van der Waals surface area contributed by atoms with Gasteiger partial charge in [0.05, 0.1) is 0 Å². The van der Waals surface area contributed by atoms with Crippen LogP contribution in [-0.2, 0) is 0 Å². The number of hydrogen-bond acceptors (Lipinski definition) is 3. The predicted octanol–water partition coefficient (Wildman–Crippen LogP) is 3.51. The molecule has 0 radical (unpaired) electrons. The van der Waals surface area contributed by atoms with Gasteiger partial charge in [0.2, 0.25) is 0 Å². The van der Waals surface area contributed by atoms with Crippen LogP contribution in [0.3, 0.4) is 0 Å². The van der Waals surface area contributed by atoms with Crippen molar-refractivity contribution in [2.24, 2.45) is 11.7 Å². The normalized spacial score (nSPS) is 23.4. The summed E-state index contributed by atoms with van der Waals surface area (Å²) in [7, 11) is 0. The van der Waals surface area contributed by atoms with Crippen molar-refractivity contribution in [3.8, 4) is 5.75 Å². The molecule has 3 N–H and O–H groups in total. The number of ether oxygens (including phenoxy) is 1. The maximum absolute atomic E-state index is 12.0. The SMILES string of the molecule is NC1CCC(CNc2ccc(OC(F)(F)F)cc2)CC1. The molecule has 3 nitrogen and oxygen atoms in total. The molecule has 0 atom stereocenters. The quantitative estimate of drug-likeness (QED) is 0.891. The van der Waals surface area contributed by atoms with E-state index in [-0.39, 0.29) is 5.75 Å². The molecule has 1 saturated carbocycles. The average molecular weight is 288 g/mol. The van der Waals surface area contributed by atoms with E-state index in [0.29, 0.717) is 12.0 Å². The number of nitrogens with one attached hydrogen (secondary N) is 1. The lowest BCUT2D eigenvalue weighted by molar-refractivity contribution is -0.274. The predicted molar refractivity (Wildman–Crippen MR) is 71.5 cm³/mol. The van der Waals surface area contributed by atoms with Crippen LogP contribution < -0.4 is 15.8 Å². The highest BCUT2D eigenvalue weighted by molar-refractivity contribution is 5.46. The van der Waals surface area contributed by atoms with Crippen LogP contribution in [0.2, 0.25) is 0 Å². The second-order valence-electron chi connectivity index (χ2n) is 5.23. The summed E-state index contributed by atoms with van der Waals surface area (Å²) in [4.78, 5) is 0. The molecule has 1 fully saturated rings. The van der Waals surface area contributed by atoms with Crippen molar-refractivity contribution < 1.29 is 17.9 Å². The molecule has 1 aromatic carbocycles. The van der Waals surface area contributed by atoms with Crippen molar-refractivity contribution in [3.05, 3.63) is 24.3 Å². The first-order valence-electron chi connectivity index (χ1n) is 6.77. The van der Waals surface area contributed by atoms with Crippen molar-refractivity contribution in [1.29, 1.82) is 0 Å². The van der Waals surface area contributed by atoms with Gasteiger partial charge >= 0.3 is 6.36 Å². The van der Waals surface area contributed by atoms with Crippen LogP contribution >= 0.6 is 0 Å². The first kappa shape index (κ1) is 15.0. The lowest BCUT2D eigenvalue weighted by Crippen LogP contribution is -2.29. The molecule has 0 aliphatic heterocycles. The molecule has 0 bridgehead atoms. The minimum absolute atomic E-state index is 0.202. The van der Waals surface area contributed by atoms with E-state index in [1.165, 1.54) is 12.1 Å². The molecule has 2 rings (SSSR count). The summed E-state index contributed by atoms with van der Waals surface area (Å²) in [6.45, 7) is 0.826. The zero-order valence-corrected chi connectivity index (χ0v) is 11.1. The van der Waals surface area contributed by atoms with E-state index in [1.807, 2.05) is 0 Å². The van der Waals surface area contributed by atoms with Crippen LogP contribution in [0.4, 0.5) is 18.9 Å². The molecule has 1 aromatic rings. The highest BCUT2D eigenvalue weighted by atomic mass is 19.4. The van der Waals surface area contributed by atoms with Crippen LogP contribution in [0.5, 0.6) is 5.75 Å². The van der Waals surface area contributed by atoms with Gasteiger partial charge in [-0.15, -0.1) is 13.2 Å². The van der Waals surface area contributed by atoms with Crippen LogP contribution in [0.25, 0.3) is 0 Å². The zero-order valence-electron chi connectivity index (χ0n) is 11.1. The van der Waals surface area contributed by atoms with Gasteiger partial charge in [-0.25, -0.2) is 0 Å². The van der Waals surface area contributed by atoms with Crippen LogP contribution in [0.15, 0.2) is 24.3 Å². The summed E-state index contributed by atoms with van der Waals surface area (Å²) >= 11 is 0. The molecule has 0 aromatic heterocycles. The van der Waals surface area contributed by atoms with Gasteiger partial charge in [0.1, 0.15) is 5.75 Å². The van der Waals surface area contributed by atoms with Crippen LogP contribution in [0.1, 0.15) is 25.7 Å². The lowest BCUT2D eigenvalue weighted by Gasteiger charge is -2.26. The van der Waals surface area contributed by atoms with Crippen molar-refractivity contribution in [2.75, 3.05) is 11.9 Å². The summed E-state index contributed by atoms with van der Waals surface area (Å²) < 4.78 is 39.9. The highest BCUT2D eigenvalue weighted by Crippen LogP contribution is 2.26. The minimum atomic E-state index is -4.64. The van der Waals surface area contributed by atoms with E-state index in [4.69, 9.17) is 5.73 Å². The van der Waals surface area contributed by atoms with E-state index >= 15 is 0 Å². The van der Waals surface area contributed by atoms with E-state index in [1.54, 1.807) is 12.1 Å². The van der Waals surface area contributed by atoms with Gasteiger partial charge in [0.15, 0.2) is 0 Å². The smallest absolute Gasteiger partial charge is 0.406 e. The molecular formula is C14H19F3N2O. The number of alkyl halides is 3. The third-order valence-corrected chi connectivity index (χ3v) is 3.57. The Hall–Kier alpha value is -1.43. The fraction of sp³-hybridized carbons (Fsp3) is 0.571. The number of hydrogen-bond donors (Lipinski definition) is 2. The third kappa shape index (κ3) is 4.92. The second-order valence-corrected chi connectivity index (χ2v) is 5.23. The molecule has 0 heterocycles. The zero-order chi connectivity index (χ0) is 14.6. The Morgan fingerprint density at radius 3 is 2.25 bits per heavy atom. The Labute approximate surface area is 116 Å². The molecule has 20 heavy (non-hydrogen) atoms. The maximum atomic E-state index is 12.0. The molecule has 112 valence electrons. The molecule has 0 unspecified atom stereocenters. The minimum Gasteiger partial charge on any atom is -0.406 e. The fourth-order valence-corrected chi connectivity index (χ4v) is 2.43. The Balaban J connectivity index is 1.79. The Bertz CT molecular complexity index is 411. The van der Waals surface area contributed by atoms with Gasteiger partial charge in [-0.1, -0.05) is 0 Å². The first-order valence-corrected chi connectivity index (χ1v) is 6.77. The van der Waals surface area contributed by atoms with Gasteiger partial charge in [-0.05, 0) is 55.9 Å². The van der Waals surface area contributed by atoms with Gasteiger partial charge in [-0.3, -0.25) is 0 Å². The van der Waals surface area contributed by atoms with Crippen molar-refractivity contribution >= 4 is 5.69 Å². The Kier molecular flexibility index (Phi) is 4.75. The van der Waals surface area contributed by atoms with Crippen LogP contribution in [0, 0.1) is 5.92 Å². The molecule has 6 heteroatoms. The maximum Gasteiger partial charge on any atom is 0.573 e. The number of benzene rings is 1. The molecule has 0 saturated heterocycles. The Morgan fingerprint density at radius 1 is 1.10 bits per heavy atom. The fourth-order valence-electron chi connectivity index (χ4n) is 2.43. The average Bonchev–Trinajstić information content (AvgIpc) is 2.38. The molecule has 0 amide bonds. The number of halogens is 3. The van der Waals surface area contributed by atoms with E-state index in [2.05, 4.69) is 10.1 Å².